The fraction of sp³-hybridized carbons (Fsp3) is 0.462. The van der Waals surface area contributed by atoms with E-state index in [1.807, 2.05) is 0 Å². The number of nitrogens with zero attached hydrogens (tertiary/aromatic N) is 1. The lowest BCUT2D eigenvalue weighted by Crippen LogP contribution is -2.38. The fourth-order valence-electron chi connectivity index (χ4n) is 1.58. The molecule has 1 atom stereocenters. The third-order valence-electron chi connectivity index (χ3n) is 2.63. The molecular formula is C13H17FN2O2. The summed E-state index contributed by atoms with van der Waals surface area (Å²) in [6.45, 7) is 1.67. The Hall–Kier alpha value is -1.64. The molecular weight excluding hydrogens is 235 g/mol. The van der Waals surface area contributed by atoms with E-state index in [9.17, 15) is 9.65 Å². The van der Waals surface area contributed by atoms with Crippen molar-refractivity contribution in [1.29, 1.82) is 5.26 Å². The highest BCUT2D eigenvalue weighted by atomic mass is 19.1. The van der Waals surface area contributed by atoms with E-state index >= 15 is 0 Å². The van der Waals surface area contributed by atoms with Crippen molar-refractivity contribution in [3.63, 3.8) is 0 Å². The molecule has 0 aromatic heterocycles. The van der Waals surface area contributed by atoms with Crippen LogP contribution >= 0.6 is 0 Å². The van der Waals surface area contributed by atoms with Crippen LogP contribution in [0, 0.1) is 17.1 Å². The number of anilines is 1. The van der Waals surface area contributed by atoms with Gasteiger partial charge in [-0.25, -0.2) is 4.39 Å². The van der Waals surface area contributed by atoms with Gasteiger partial charge in [-0.3, -0.25) is 0 Å². The molecule has 0 heterocycles. The van der Waals surface area contributed by atoms with E-state index in [1.165, 1.54) is 20.3 Å². The van der Waals surface area contributed by atoms with Gasteiger partial charge in [0.15, 0.2) is 6.29 Å². The van der Waals surface area contributed by atoms with Crippen molar-refractivity contribution in [2.45, 2.75) is 25.2 Å². The number of rotatable bonds is 6. The molecule has 0 spiro atoms. The first kappa shape index (κ1) is 14.4. The normalized spacial score (nSPS) is 14.0. The van der Waals surface area contributed by atoms with Crippen LogP contribution in [-0.4, -0.2) is 26.0 Å². The van der Waals surface area contributed by atoms with Crippen LogP contribution in [0.3, 0.4) is 0 Å². The third-order valence-corrected chi connectivity index (χ3v) is 2.63. The number of methoxy groups -OCH3 is 2. The van der Waals surface area contributed by atoms with Gasteiger partial charge in [0.1, 0.15) is 11.4 Å². The van der Waals surface area contributed by atoms with Crippen molar-refractivity contribution in [2.24, 2.45) is 0 Å². The SMILES string of the molecule is COC(CC(C)(C#N)Nc1ccccc1F)OC. The number of hydrogen-bond acceptors (Lipinski definition) is 4. The van der Waals surface area contributed by atoms with Gasteiger partial charge < -0.3 is 14.8 Å². The maximum atomic E-state index is 13.5. The maximum Gasteiger partial charge on any atom is 0.160 e. The van der Waals surface area contributed by atoms with Crippen LogP contribution in [0.1, 0.15) is 13.3 Å². The second kappa shape index (κ2) is 6.34. The number of ether oxygens (including phenoxy) is 2. The molecule has 18 heavy (non-hydrogen) atoms. The van der Waals surface area contributed by atoms with Gasteiger partial charge in [0, 0.05) is 20.6 Å². The Morgan fingerprint density at radius 3 is 2.50 bits per heavy atom. The number of hydrogen-bond donors (Lipinski definition) is 1. The summed E-state index contributed by atoms with van der Waals surface area (Å²) < 4.78 is 23.6. The van der Waals surface area contributed by atoms with Crippen LogP contribution in [0.4, 0.5) is 10.1 Å². The second-order valence-electron chi connectivity index (χ2n) is 4.15. The van der Waals surface area contributed by atoms with Gasteiger partial charge >= 0.3 is 0 Å². The zero-order valence-corrected chi connectivity index (χ0v) is 10.7. The Kier molecular flexibility index (Phi) is 5.08. The first-order chi connectivity index (χ1) is 8.54. The lowest BCUT2D eigenvalue weighted by Gasteiger charge is -2.28. The van der Waals surface area contributed by atoms with E-state index in [0.717, 1.165) is 0 Å². The van der Waals surface area contributed by atoms with E-state index in [0.29, 0.717) is 0 Å². The summed E-state index contributed by atoms with van der Waals surface area (Å²) in [4.78, 5) is 0. The maximum absolute atomic E-state index is 13.5. The Bertz CT molecular complexity index is 429. The molecule has 1 aromatic carbocycles. The minimum absolute atomic E-state index is 0.283. The standard InChI is InChI=1S/C13H17FN2O2/c1-13(9-15,8-12(17-2)18-3)16-11-7-5-4-6-10(11)14/h4-7,12,16H,8H2,1-3H3. The van der Waals surface area contributed by atoms with Gasteiger partial charge in [-0.1, -0.05) is 12.1 Å². The Labute approximate surface area is 106 Å². The number of para-hydroxylation sites is 1. The summed E-state index contributed by atoms with van der Waals surface area (Å²) in [6.07, 6.45) is -0.237. The van der Waals surface area contributed by atoms with E-state index in [-0.39, 0.29) is 12.1 Å². The Balaban J connectivity index is 2.84. The van der Waals surface area contributed by atoms with Crippen LogP contribution in [0.2, 0.25) is 0 Å². The fourth-order valence-corrected chi connectivity index (χ4v) is 1.58. The first-order valence-corrected chi connectivity index (χ1v) is 5.54. The predicted molar refractivity (Wildman–Crippen MR) is 66.5 cm³/mol. The quantitative estimate of drug-likeness (QED) is 0.790. The van der Waals surface area contributed by atoms with E-state index in [4.69, 9.17) is 9.47 Å². The van der Waals surface area contributed by atoms with Crippen molar-refractivity contribution >= 4 is 5.69 Å². The molecule has 0 radical (unpaired) electrons. The lowest BCUT2D eigenvalue weighted by atomic mass is 9.99. The van der Waals surface area contributed by atoms with E-state index in [2.05, 4.69) is 11.4 Å². The van der Waals surface area contributed by atoms with Crippen molar-refractivity contribution < 1.29 is 13.9 Å². The monoisotopic (exact) mass is 252 g/mol. The molecule has 0 aliphatic carbocycles. The van der Waals surface area contributed by atoms with Crippen LogP contribution in [0.5, 0.6) is 0 Å². The summed E-state index contributed by atoms with van der Waals surface area (Å²) in [7, 11) is 2.99. The summed E-state index contributed by atoms with van der Waals surface area (Å²) in [5, 5.41) is 12.1. The molecule has 0 aliphatic rings. The minimum atomic E-state index is -0.973. The van der Waals surface area contributed by atoms with Crippen LogP contribution in [0.15, 0.2) is 24.3 Å². The van der Waals surface area contributed by atoms with E-state index in [1.54, 1.807) is 25.1 Å². The topological polar surface area (TPSA) is 54.3 Å². The Morgan fingerprint density at radius 2 is 2.00 bits per heavy atom. The molecule has 1 rings (SSSR count). The molecule has 0 amide bonds. The molecule has 0 fully saturated rings. The van der Waals surface area contributed by atoms with Crippen molar-refractivity contribution in [3.8, 4) is 6.07 Å². The zero-order chi connectivity index (χ0) is 13.6. The van der Waals surface area contributed by atoms with Crippen molar-refractivity contribution in [3.05, 3.63) is 30.1 Å². The lowest BCUT2D eigenvalue weighted by molar-refractivity contribution is -0.111. The summed E-state index contributed by atoms with van der Waals surface area (Å²) in [6, 6.07) is 8.33. The molecule has 0 saturated heterocycles. The number of benzene rings is 1. The van der Waals surface area contributed by atoms with Crippen molar-refractivity contribution in [2.75, 3.05) is 19.5 Å². The van der Waals surface area contributed by atoms with Gasteiger partial charge in [-0.15, -0.1) is 0 Å². The van der Waals surface area contributed by atoms with Gasteiger partial charge in [0.25, 0.3) is 0 Å². The molecule has 98 valence electrons. The average Bonchev–Trinajstić information content (AvgIpc) is 2.39. The number of nitriles is 1. The highest BCUT2D eigenvalue weighted by molar-refractivity contribution is 5.48. The largest absolute Gasteiger partial charge is 0.365 e. The van der Waals surface area contributed by atoms with Gasteiger partial charge in [-0.05, 0) is 19.1 Å². The van der Waals surface area contributed by atoms with Gasteiger partial charge in [-0.2, -0.15) is 5.26 Å². The molecule has 1 unspecified atom stereocenters. The highest BCUT2D eigenvalue weighted by Gasteiger charge is 2.29. The molecule has 5 heteroatoms. The van der Waals surface area contributed by atoms with Crippen LogP contribution in [0.25, 0.3) is 0 Å². The molecule has 0 aliphatic heterocycles. The molecule has 1 N–H and O–H groups in total. The third kappa shape index (κ3) is 3.69. The van der Waals surface area contributed by atoms with Crippen molar-refractivity contribution in [1.82, 2.24) is 0 Å². The summed E-state index contributed by atoms with van der Waals surface area (Å²) in [5.41, 5.74) is -0.689. The molecule has 0 saturated carbocycles. The molecule has 1 aromatic rings. The van der Waals surface area contributed by atoms with Crippen LogP contribution in [-0.2, 0) is 9.47 Å². The minimum Gasteiger partial charge on any atom is -0.365 e. The average molecular weight is 252 g/mol. The summed E-state index contributed by atoms with van der Waals surface area (Å²) in [5.74, 6) is -0.398. The predicted octanol–water partition coefficient (Wildman–Crippen LogP) is 2.53. The van der Waals surface area contributed by atoms with E-state index < -0.39 is 17.6 Å². The number of halogens is 1. The summed E-state index contributed by atoms with van der Waals surface area (Å²) >= 11 is 0. The van der Waals surface area contributed by atoms with Crippen LogP contribution < -0.4 is 5.32 Å². The first-order valence-electron chi connectivity index (χ1n) is 5.54. The smallest absolute Gasteiger partial charge is 0.160 e. The Morgan fingerprint density at radius 1 is 1.39 bits per heavy atom. The zero-order valence-electron chi connectivity index (χ0n) is 10.7. The highest BCUT2D eigenvalue weighted by Crippen LogP contribution is 2.22. The second-order valence-corrected chi connectivity index (χ2v) is 4.15. The number of nitrogens with one attached hydrogen (secondary N) is 1. The molecule has 0 bridgehead atoms. The van der Waals surface area contributed by atoms with Gasteiger partial charge in [0.05, 0.1) is 11.8 Å². The molecule has 4 nitrogen and oxygen atoms in total. The van der Waals surface area contributed by atoms with Gasteiger partial charge in [0.2, 0.25) is 0 Å².